The van der Waals surface area contributed by atoms with Gasteiger partial charge in [0.05, 0.1) is 0 Å². The van der Waals surface area contributed by atoms with Crippen molar-refractivity contribution in [1.29, 1.82) is 0 Å². The zero-order valence-electron chi connectivity index (χ0n) is 32.8. The number of amides is 3. The van der Waals surface area contributed by atoms with Gasteiger partial charge in [-0.1, -0.05) is 48.5 Å². The highest BCUT2D eigenvalue weighted by Gasteiger charge is 2.52. The van der Waals surface area contributed by atoms with Gasteiger partial charge in [-0.05, 0) is 126 Å². The molecule has 0 unspecified atom stereocenters. The van der Waals surface area contributed by atoms with Crippen LogP contribution in [0.2, 0.25) is 0 Å². The third-order valence-corrected chi connectivity index (χ3v) is 14.6. The lowest BCUT2D eigenvalue weighted by Gasteiger charge is -2.57. The summed E-state index contributed by atoms with van der Waals surface area (Å²) < 4.78 is 12.8. The van der Waals surface area contributed by atoms with Gasteiger partial charge in [-0.3, -0.25) is 24.6 Å². The number of hydrogen-bond acceptors (Lipinski definition) is 8. The van der Waals surface area contributed by atoms with Crippen molar-refractivity contribution in [3.05, 3.63) is 118 Å². The van der Waals surface area contributed by atoms with E-state index in [4.69, 9.17) is 9.47 Å². The van der Waals surface area contributed by atoms with Crippen molar-refractivity contribution < 1.29 is 29.0 Å². The van der Waals surface area contributed by atoms with Gasteiger partial charge >= 0.3 is 0 Å². The van der Waals surface area contributed by atoms with Gasteiger partial charge in [0.25, 0.3) is 5.91 Å². The van der Waals surface area contributed by atoms with Crippen LogP contribution in [0, 0.1) is 11.3 Å². The molecule has 10 heteroatoms. The molecule has 2 aliphatic carbocycles. The lowest BCUT2D eigenvalue weighted by Crippen LogP contribution is -2.69. The highest BCUT2D eigenvalue weighted by molar-refractivity contribution is 6.05. The lowest BCUT2D eigenvalue weighted by molar-refractivity contribution is -0.136. The summed E-state index contributed by atoms with van der Waals surface area (Å²) in [5.41, 5.74) is 8.12. The number of hydrogen-bond donors (Lipinski definition) is 2. The number of imide groups is 1. The molecule has 58 heavy (non-hydrogen) atoms. The number of likely N-dealkylation sites (tertiary alicyclic amines) is 1. The number of nitrogens with zero attached hydrogens (tertiary/aromatic N) is 3. The summed E-state index contributed by atoms with van der Waals surface area (Å²) in [4.78, 5) is 44.1. The first-order chi connectivity index (χ1) is 28.2. The first kappa shape index (κ1) is 35.8. The number of carbonyl (C=O) groups excluding carboxylic acids is 3. The fourth-order valence-electron chi connectivity index (χ4n) is 11.8. The maximum absolute atomic E-state index is 13.3. The van der Waals surface area contributed by atoms with Gasteiger partial charge in [0.15, 0.2) is 17.1 Å². The van der Waals surface area contributed by atoms with Crippen LogP contribution in [0.3, 0.4) is 0 Å². The molecule has 3 amide bonds. The molecule has 7 aliphatic rings. The van der Waals surface area contributed by atoms with E-state index in [1.807, 2.05) is 18.2 Å². The van der Waals surface area contributed by atoms with E-state index in [9.17, 15) is 19.5 Å². The summed E-state index contributed by atoms with van der Waals surface area (Å²) in [6.45, 7) is 5.74. The van der Waals surface area contributed by atoms with Gasteiger partial charge in [0.2, 0.25) is 11.8 Å². The normalized spacial score (nSPS) is 25.9. The number of phenolic OH excluding ortho intramolecular Hbond substituents is 1. The highest BCUT2D eigenvalue weighted by atomic mass is 16.6. The Hall–Kier alpha value is -5.35. The summed E-state index contributed by atoms with van der Waals surface area (Å²) in [7, 11) is 0. The third-order valence-electron chi connectivity index (χ3n) is 14.6. The van der Waals surface area contributed by atoms with Crippen molar-refractivity contribution in [2.45, 2.75) is 81.4 Å². The zero-order chi connectivity index (χ0) is 39.2. The van der Waals surface area contributed by atoms with E-state index in [-0.39, 0.29) is 29.8 Å². The van der Waals surface area contributed by atoms with Crippen LogP contribution in [0.25, 0.3) is 0 Å². The Morgan fingerprint density at radius 3 is 2.38 bits per heavy atom. The number of ether oxygens (including phenoxy) is 2. The van der Waals surface area contributed by atoms with Gasteiger partial charge < -0.3 is 24.4 Å². The van der Waals surface area contributed by atoms with Crippen molar-refractivity contribution in [2.24, 2.45) is 11.3 Å². The summed E-state index contributed by atoms with van der Waals surface area (Å²) >= 11 is 0. The Bertz CT molecular complexity index is 2290. The second-order valence-corrected chi connectivity index (χ2v) is 18.4. The van der Waals surface area contributed by atoms with E-state index in [1.54, 1.807) is 11.0 Å². The molecule has 0 radical (unpaired) electrons. The van der Waals surface area contributed by atoms with Crippen LogP contribution in [0.5, 0.6) is 17.2 Å². The summed E-state index contributed by atoms with van der Waals surface area (Å²) in [5, 5.41) is 12.6. The van der Waals surface area contributed by atoms with Crippen molar-refractivity contribution in [3.8, 4) is 17.2 Å². The Morgan fingerprint density at radius 1 is 0.810 bits per heavy atom. The minimum absolute atomic E-state index is 0.202. The molecule has 10 nitrogen and oxygen atoms in total. The quantitative estimate of drug-likeness (QED) is 0.213. The van der Waals surface area contributed by atoms with E-state index in [1.165, 1.54) is 53.6 Å². The van der Waals surface area contributed by atoms with E-state index in [2.05, 4.69) is 75.8 Å². The summed E-state index contributed by atoms with van der Waals surface area (Å²) in [5.74, 6) is 2.09. The molecule has 11 rings (SSSR count). The van der Waals surface area contributed by atoms with Crippen molar-refractivity contribution >= 4 is 23.4 Å². The molecule has 0 aromatic heterocycles. The van der Waals surface area contributed by atoms with Crippen molar-refractivity contribution in [2.75, 3.05) is 44.2 Å². The molecule has 2 spiro atoms. The number of aryl methyl sites for hydroxylation is 1. The van der Waals surface area contributed by atoms with E-state index >= 15 is 0 Å². The molecule has 5 aliphatic heterocycles. The first-order valence-electron chi connectivity index (χ1n) is 21.3. The molecule has 5 heterocycles. The molecule has 1 saturated carbocycles. The number of benzene rings is 4. The predicted octanol–water partition coefficient (Wildman–Crippen LogP) is 6.54. The van der Waals surface area contributed by atoms with E-state index < -0.39 is 11.9 Å². The molecule has 4 aromatic carbocycles. The second-order valence-electron chi connectivity index (χ2n) is 18.4. The molecule has 3 atom stereocenters. The molecule has 298 valence electrons. The van der Waals surface area contributed by atoms with Gasteiger partial charge in [-0.2, -0.15) is 0 Å². The standard InChI is InChI=1S/C48H50N4O6/c53-36-11-13-38-33(20-36)8-12-37(31-4-2-1-3-5-31)44(38)32-6-9-35(10-7-32)51-18-16-47(17-19-51)23-30(24-47)25-50-27-48(28-50)29-57-41-22-39-34(21-42(41)58-48)26-52(46(39)56)40-14-15-43(54)49-45(40)55/h1-7,9-11,13,20-22,30,37,40,44,53H,8,12,14-19,23-29H2,(H,49,54,55)/t37-,40+,44+/m1/s1. The number of phenols is 1. The molecule has 0 bridgehead atoms. The first-order valence-corrected chi connectivity index (χ1v) is 21.3. The average Bonchev–Trinajstić information content (AvgIpc) is 3.52. The van der Waals surface area contributed by atoms with Gasteiger partial charge in [0, 0.05) is 62.9 Å². The highest BCUT2D eigenvalue weighted by Crippen LogP contribution is 2.54. The minimum Gasteiger partial charge on any atom is -0.508 e. The molecule has 4 aromatic rings. The fourth-order valence-corrected chi connectivity index (χ4v) is 11.8. The minimum atomic E-state index is -0.642. The Balaban J connectivity index is 0.676. The van der Waals surface area contributed by atoms with Gasteiger partial charge in [0.1, 0.15) is 18.4 Å². The molecular weight excluding hydrogens is 729 g/mol. The smallest absolute Gasteiger partial charge is 0.255 e. The maximum Gasteiger partial charge on any atom is 0.255 e. The van der Waals surface area contributed by atoms with Crippen LogP contribution in [0.1, 0.15) is 95.0 Å². The van der Waals surface area contributed by atoms with Gasteiger partial charge in [-0.25, -0.2) is 0 Å². The number of aromatic hydroxyl groups is 1. The number of fused-ring (bicyclic) bond motifs is 3. The van der Waals surface area contributed by atoms with Crippen molar-refractivity contribution in [3.63, 3.8) is 0 Å². The molecule has 3 saturated heterocycles. The van der Waals surface area contributed by atoms with Crippen LogP contribution in [-0.4, -0.2) is 83.6 Å². The number of anilines is 1. The summed E-state index contributed by atoms with van der Waals surface area (Å²) in [6, 6.07) is 29.3. The number of rotatable bonds is 6. The summed E-state index contributed by atoms with van der Waals surface area (Å²) in [6.07, 6.45) is 7.70. The van der Waals surface area contributed by atoms with Gasteiger partial charge in [-0.15, -0.1) is 0 Å². The van der Waals surface area contributed by atoms with Crippen LogP contribution < -0.4 is 19.7 Å². The Morgan fingerprint density at radius 2 is 1.60 bits per heavy atom. The fraction of sp³-hybridized carbons (Fsp3) is 0.438. The largest absolute Gasteiger partial charge is 0.508 e. The maximum atomic E-state index is 13.3. The third kappa shape index (κ3) is 6.14. The van der Waals surface area contributed by atoms with Crippen molar-refractivity contribution in [1.82, 2.24) is 15.1 Å². The lowest BCUT2D eigenvalue weighted by atomic mass is 9.57. The second kappa shape index (κ2) is 13.6. The monoisotopic (exact) mass is 778 g/mol. The number of carbonyl (C=O) groups is 3. The molecule has 4 fully saturated rings. The predicted molar refractivity (Wildman–Crippen MR) is 218 cm³/mol. The zero-order valence-corrected chi connectivity index (χ0v) is 32.8. The number of nitrogens with one attached hydrogen (secondary N) is 1. The van der Waals surface area contributed by atoms with E-state index in [0.717, 1.165) is 51.1 Å². The van der Waals surface area contributed by atoms with E-state index in [0.29, 0.717) is 59.6 Å². The number of piperidine rings is 2. The molecule has 2 N–H and O–H groups in total. The van der Waals surface area contributed by atoms with Crippen LogP contribution in [-0.2, 0) is 22.6 Å². The SMILES string of the molecule is O=C1CC[C@H](N2Cc3cc4c(cc3C2=O)OCC2(CN(CC3CC5(CCN(c6ccc([C@@H]7c8ccc(O)cc8CC[C@@H]7c7ccccc7)cc6)CC5)C3)C2)O4)C(=O)N1. The Labute approximate surface area is 339 Å². The Kier molecular flexibility index (Phi) is 8.40. The average molecular weight is 779 g/mol. The van der Waals surface area contributed by atoms with Crippen LogP contribution in [0.15, 0.2) is 84.9 Å². The molecular formula is C48H50N4O6. The topological polar surface area (TPSA) is 112 Å². The van der Waals surface area contributed by atoms with Crippen LogP contribution in [0.4, 0.5) is 5.69 Å². The van der Waals surface area contributed by atoms with Crippen LogP contribution >= 0.6 is 0 Å².